The number of carbonyl (C=O) groups excluding carboxylic acids is 2. The van der Waals surface area contributed by atoms with E-state index >= 15 is 0 Å². The van der Waals surface area contributed by atoms with Crippen molar-refractivity contribution in [2.24, 2.45) is 22.6 Å². The van der Waals surface area contributed by atoms with Crippen LogP contribution in [0.15, 0.2) is 60.7 Å². The fourth-order valence-corrected chi connectivity index (χ4v) is 3.22. The van der Waals surface area contributed by atoms with E-state index in [9.17, 15) is 9.59 Å². The van der Waals surface area contributed by atoms with Crippen molar-refractivity contribution in [1.29, 1.82) is 0 Å². The summed E-state index contributed by atoms with van der Waals surface area (Å²) in [5.74, 6) is -1.62. The topological polar surface area (TPSA) is 124 Å². The summed E-state index contributed by atoms with van der Waals surface area (Å²) in [4.78, 5) is 25.7. The first-order chi connectivity index (χ1) is 12.6. The van der Waals surface area contributed by atoms with Gasteiger partial charge in [-0.3, -0.25) is 14.9 Å². The summed E-state index contributed by atoms with van der Waals surface area (Å²) in [6.07, 6.45) is 0. The predicted molar refractivity (Wildman–Crippen MR) is 106 cm³/mol. The molecule has 7 N–H and O–H groups in total. The van der Waals surface area contributed by atoms with E-state index in [-0.39, 0.29) is 5.41 Å². The summed E-state index contributed by atoms with van der Waals surface area (Å²) in [5, 5.41) is 3.21. The maximum absolute atomic E-state index is 12.9. The van der Waals surface area contributed by atoms with Crippen molar-refractivity contribution in [3.63, 3.8) is 0 Å². The quantitative estimate of drug-likeness (QED) is 0.588. The van der Waals surface area contributed by atoms with E-state index < -0.39 is 22.9 Å². The lowest BCUT2D eigenvalue weighted by molar-refractivity contribution is -0.138. The lowest BCUT2D eigenvalue weighted by Gasteiger charge is -2.46. The Balaban J connectivity index is 2.83. The molecule has 2 aromatic carbocycles. The molecule has 0 aliphatic heterocycles. The van der Waals surface area contributed by atoms with Gasteiger partial charge < -0.3 is 17.2 Å². The summed E-state index contributed by atoms with van der Waals surface area (Å²) >= 11 is 0. The molecule has 27 heavy (non-hydrogen) atoms. The van der Waals surface area contributed by atoms with E-state index in [1.54, 1.807) is 54.6 Å². The number of benzene rings is 2. The Morgan fingerprint density at radius 1 is 0.815 bits per heavy atom. The van der Waals surface area contributed by atoms with Crippen LogP contribution in [0, 0.1) is 5.41 Å². The molecule has 0 aliphatic rings. The second-order valence-corrected chi connectivity index (χ2v) is 7.93. The van der Waals surface area contributed by atoms with Crippen LogP contribution in [-0.2, 0) is 20.7 Å². The molecule has 0 radical (unpaired) electrons. The molecule has 0 aromatic heterocycles. The molecular weight excluding hydrogens is 340 g/mol. The number of amides is 2. The minimum absolute atomic E-state index is 0.204. The molecule has 2 aromatic rings. The Morgan fingerprint density at radius 2 is 1.26 bits per heavy atom. The summed E-state index contributed by atoms with van der Waals surface area (Å²) in [6, 6.07) is 17.4. The molecule has 0 spiro atoms. The number of carbonyl (C=O) groups is 2. The Morgan fingerprint density at radius 3 is 1.63 bits per heavy atom. The van der Waals surface area contributed by atoms with Gasteiger partial charge in [-0.2, -0.15) is 0 Å². The fraction of sp³-hybridized carbons (Fsp3) is 0.333. The minimum atomic E-state index is -1.90. The van der Waals surface area contributed by atoms with Crippen LogP contribution < -0.4 is 22.5 Å². The van der Waals surface area contributed by atoms with Crippen molar-refractivity contribution in [1.82, 2.24) is 5.32 Å². The van der Waals surface area contributed by atoms with Crippen molar-refractivity contribution in [3.8, 4) is 0 Å². The number of rotatable bonds is 7. The highest BCUT2D eigenvalue weighted by atomic mass is 16.2. The Kier molecular flexibility index (Phi) is 5.73. The van der Waals surface area contributed by atoms with Crippen molar-refractivity contribution >= 4 is 11.8 Å². The third kappa shape index (κ3) is 3.72. The van der Waals surface area contributed by atoms with Crippen LogP contribution in [0.1, 0.15) is 31.9 Å². The average Bonchev–Trinajstić information content (AvgIpc) is 2.62. The van der Waals surface area contributed by atoms with E-state index in [2.05, 4.69) is 5.32 Å². The van der Waals surface area contributed by atoms with E-state index in [4.69, 9.17) is 17.2 Å². The largest absolute Gasteiger partial charge is 0.368 e. The zero-order chi connectivity index (χ0) is 20.3. The van der Waals surface area contributed by atoms with Crippen molar-refractivity contribution in [2.45, 2.75) is 31.8 Å². The van der Waals surface area contributed by atoms with Gasteiger partial charge in [-0.05, 0) is 16.5 Å². The van der Waals surface area contributed by atoms with Crippen LogP contribution in [0.5, 0.6) is 0 Å². The fourth-order valence-electron chi connectivity index (χ4n) is 3.22. The predicted octanol–water partition coefficient (Wildman–Crippen LogP) is 1.34. The molecular formula is C21H28N4O2. The summed E-state index contributed by atoms with van der Waals surface area (Å²) in [6.45, 7) is 6.38. The average molecular weight is 368 g/mol. The first-order valence-corrected chi connectivity index (χ1v) is 8.80. The molecule has 1 unspecified atom stereocenters. The van der Waals surface area contributed by atoms with Gasteiger partial charge in [0.25, 0.3) is 0 Å². The minimum Gasteiger partial charge on any atom is -0.368 e. The van der Waals surface area contributed by atoms with E-state index in [1.807, 2.05) is 26.8 Å². The first kappa shape index (κ1) is 20.6. The third-order valence-corrected chi connectivity index (χ3v) is 4.67. The highest BCUT2D eigenvalue weighted by Gasteiger charge is 2.59. The molecule has 2 rings (SSSR count). The molecule has 2 atom stereocenters. The monoisotopic (exact) mass is 368 g/mol. The van der Waals surface area contributed by atoms with Gasteiger partial charge in [-0.25, -0.2) is 0 Å². The van der Waals surface area contributed by atoms with Crippen molar-refractivity contribution < 1.29 is 9.59 Å². The summed E-state index contributed by atoms with van der Waals surface area (Å²) < 4.78 is 0. The summed E-state index contributed by atoms with van der Waals surface area (Å²) in [5.41, 5.74) is 15.4. The van der Waals surface area contributed by atoms with Gasteiger partial charge in [0.1, 0.15) is 0 Å². The van der Waals surface area contributed by atoms with E-state index in [0.717, 1.165) is 0 Å². The number of hydrogen-bond donors (Lipinski definition) is 4. The molecule has 6 nitrogen and oxygen atoms in total. The van der Waals surface area contributed by atoms with Gasteiger partial charge >= 0.3 is 0 Å². The van der Waals surface area contributed by atoms with Gasteiger partial charge in [-0.15, -0.1) is 0 Å². The van der Waals surface area contributed by atoms with E-state index in [1.165, 1.54) is 0 Å². The SMILES string of the molecule is CC(C)(C)CN[C@@](C(N)=O)(c1ccccc1)C(N)(C(N)=O)c1ccccc1. The number of primary amides is 2. The molecule has 0 bridgehead atoms. The first-order valence-electron chi connectivity index (χ1n) is 8.80. The van der Waals surface area contributed by atoms with E-state index in [0.29, 0.717) is 17.7 Å². The highest BCUT2D eigenvalue weighted by Crippen LogP contribution is 2.39. The van der Waals surface area contributed by atoms with Crippen LogP contribution in [0.3, 0.4) is 0 Å². The molecule has 6 heteroatoms. The molecule has 0 heterocycles. The van der Waals surface area contributed by atoms with Crippen LogP contribution >= 0.6 is 0 Å². The Labute approximate surface area is 160 Å². The second kappa shape index (κ2) is 7.50. The van der Waals surface area contributed by atoms with Gasteiger partial charge in [0.15, 0.2) is 11.1 Å². The smallest absolute Gasteiger partial charge is 0.245 e. The zero-order valence-electron chi connectivity index (χ0n) is 16.0. The van der Waals surface area contributed by atoms with Crippen LogP contribution in [0.2, 0.25) is 0 Å². The van der Waals surface area contributed by atoms with Gasteiger partial charge in [0.05, 0.1) is 0 Å². The maximum Gasteiger partial charge on any atom is 0.245 e. The lowest BCUT2D eigenvalue weighted by Crippen LogP contribution is -2.74. The lowest BCUT2D eigenvalue weighted by atomic mass is 9.67. The summed E-state index contributed by atoms with van der Waals surface area (Å²) in [7, 11) is 0. The standard InChI is InChI=1S/C21H28N4O2/c1-19(2,3)14-25-21(18(23)27,16-12-8-5-9-13-16)20(24,17(22)26)15-10-6-4-7-11-15/h4-13,25H,14,24H2,1-3H3,(H2,22,26)(H2,23,27)/t20?,21-/m1/s1. The zero-order valence-corrected chi connectivity index (χ0v) is 16.0. The number of nitrogens with one attached hydrogen (secondary N) is 1. The molecule has 0 aliphatic carbocycles. The second-order valence-electron chi connectivity index (χ2n) is 7.93. The molecule has 2 amide bonds. The Hall–Kier alpha value is -2.70. The number of hydrogen-bond acceptors (Lipinski definition) is 4. The maximum atomic E-state index is 12.9. The van der Waals surface area contributed by atoms with Crippen molar-refractivity contribution in [3.05, 3.63) is 71.8 Å². The van der Waals surface area contributed by atoms with Crippen LogP contribution in [0.25, 0.3) is 0 Å². The van der Waals surface area contributed by atoms with Crippen LogP contribution in [-0.4, -0.2) is 18.4 Å². The van der Waals surface area contributed by atoms with Gasteiger partial charge in [-0.1, -0.05) is 81.4 Å². The number of nitrogens with two attached hydrogens (primary N) is 3. The molecule has 0 saturated heterocycles. The van der Waals surface area contributed by atoms with Crippen molar-refractivity contribution in [2.75, 3.05) is 6.54 Å². The third-order valence-electron chi connectivity index (χ3n) is 4.67. The van der Waals surface area contributed by atoms with Gasteiger partial charge in [0, 0.05) is 6.54 Å². The molecule has 0 saturated carbocycles. The van der Waals surface area contributed by atoms with Crippen LogP contribution in [0.4, 0.5) is 0 Å². The Bertz CT molecular complexity index is 802. The normalized spacial score (nSPS) is 16.1. The highest BCUT2D eigenvalue weighted by molar-refractivity contribution is 5.99. The molecule has 144 valence electrons. The molecule has 0 fully saturated rings. The van der Waals surface area contributed by atoms with Gasteiger partial charge in [0.2, 0.25) is 11.8 Å².